The molecule has 0 aromatic carbocycles. The van der Waals surface area contributed by atoms with Crippen LogP contribution >= 0.6 is 0 Å². The molecule has 0 aromatic heterocycles. The number of hydrogen-bond donors (Lipinski definition) is 0. The first kappa shape index (κ1) is 19.8. The summed E-state index contributed by atoms with van der Waals surface area (Å²) in [6.07, 6.45) is 5.86. The molecule has 20 heavy (non-hydrogen) atoms. The van der Waals surface area contributed by atoms with Gasteiger partial charge in [0.25, 0.3) is 0 Å². The molecular weight excluding hydrogens is 265 g/mol. The van der Waals surface area contributed by atoms with Gasteiger partial charge in [-0.05, 0) is 19.8 Å². The number of alkyl halides is 3. The maximum absolute atomic E-state index is 12.3. The van der Waals surface area contributed by atoms with E-state index in [0.717, 1.165) is 64.2 Å². The van der Waals surface area contributed by atoms with Crippen molar-refractivity contribution < 1.29 is 17.9 Å². The number of hydrogen-bond acceptors (Lipinski definition) is 1. The zero-order valence-electron chi connectivity index (χ0n) is 13.3. The molecule has 0 unspecified atom stereocenters. The highest BCUT2D eigenvalue weighted by Crippen LogP contribution is 2.29. The Labute approximate surface area is 122 Å². The van der Waals surface area contributed by atoms with Gasteiger partial charge in [-0.3, -0.25) is 0 Å². The van der Waals surface area contributed by atoms with E-state index < -0.39 is 18.4 Å². The van der Waals surface area contributed by atoms with E-state index in [-0.39, 0.29) is 0 Å². The van der Waals surface area contributed by atoms with Crippen LogP contribution in [0.5, 0.6) is 0 Å². The first-order valence-electron chi connectivity index (χ1n) is 8.03. The molecule has 0 rings (SSSR count). The van der Waals surface area contributed by atoms with E-state index in [9.17, 15) is 13.2 Å². The average molecular weight is 296 g/mol. The van der Waals surface area contributed by atoms with Crippen molar-refractivity contribution in [1.29, 1.82) is 0 Å². The third-order valence-corrected chi connectivity index (χ3v) is 3.70. The van der Waals surface area contributed by atoms with Gasteiger partial charge < -0.3 is 4.74 Å². The van der Waals surface area contributed by atoms with Crippen LogP contribution in [0.25, 0.3) is 0 Å². The highest BCUT2D eigenvalue weighted by Gasteiger charge is 2.33. The van der Waals surface area contributed by atoms with Crippen molar-refractivity contribution in [2.24, 2.45) is 0 Å². The molecule has 0 aliphatic heterocycles. The zero-order valence-corrected chi connectivity index (χ0v) is 13.3. The molecule has 0 saturated heterocycles. The van der Waals surface area contributed by atoms with Crippen LogP contribution in [0.2, 0.25) is 0 Å². The van der Waals surface area contributed by atoms with Gasteiger partial charge in [0.1, 0.15) is 6.61 Å². The summed E-state index contributed by atoms with van der Waals surface area (Å²) in [7, 11) is 0. The number of rotatable bonds is 12. The molecule has 0 aliphatic rings. The second-order valence-electron chi connectivity index (χ2n) is 5.98. The van der Waals surface area contributed by atoms with E-state index in [2.05, 4.69) is 13.8 Å². The van der Waals surface area contributed by atoms with E-state index in [1.165, 1.54) is 0 Å². The van der Waals surface area contributed by atoms with Crippen LogP contribution in [0, 0.1) is 0 Å². The third-order valence-electron chi connectivity index (χ3n) is 3.70. The summed E-state index contributed by atoms with van der Waals surface area (Å²) in [5.74, 6) is 0. The molecule has 0 bridgehead atoms. The standard InChI is InChI=1S/C16H31F3O/c1-4-6-8-10-12-15(3,13-11-9-7-5-2)20-14-16(17,18)19/h4-14H2,1-3H3. The number of ether oxygens (including phenoxy) is 1. The topological polar surface area (TPSA) is 9.23 Å². The normalized spacial score (nSPS) is 12.9. The first-order chi connectivity index (χ1) is 9.33. The predicted molar refractivity (Wildman–Crippen MR) is 77.9 cm³/mol. The second-order valence-corrected chi connectivity index (χ2v) is 5.98. The lowest BCUT2D eigenvalue weighted by molar-refractivity contribution is -0.205. The minimum Gasteiger partial charge on any atom is -0.366 e. The summed E-state index contributed by atoms with van der Waals surface area (Å²) in [6, 6.07) is 0. The van der Waals surface area contributed by atoms with Crippen molar-refractivity contribution >= 4 is 0 Å². The van der Waals surface area contributed by atoms with Crippen LogP contribution in [0.4, 0.5) is 13.2 Å². The van der Waals surface area contributed by atoms with E-state index in [0.29, 0.717) is 0 Å². The van der Waals surface area contributed by atoms with Gasteiger partial charge in [0.2, 0.25) is 0 Å². The summed E-state index contributed by atoms with van der Waals surface area (Å²) in [5, 5.41) is 0. The van der Waals surface area contributed by atoms with Crippen LogP contribution in [0.3, 0.4) is 0 Å². The Morgan fingerprint density at radius 2 is 1.20 bits per heavy atom. The molecule has 0 aromatic rings. The van der Waals surface area contributed by atoms with E-state index in [1.807, 2.05) is 6.92 Å². The Morgan fingerprint density at radius 1 is 0.750 bits per heavy atom. The molecule has 0 atom stereocenters. The molecule has 0 N–H and O–H groups in total. The summed E-state index contributed by atoms with van der Waals surface area (Å²) in [6.45, 7) is 4.98. The van der Waals surface area contributed by atoms with Crippen molar-refractivity contribution in [2.45, 2.75) is 96.8 Å². The van der Waals surface area contributed by atoms with Crippen molar-refractivity contribution in [3.8, 4) is 0 Å². The predicted octanol–water partition coefficient (Wildman–Crippen LogP) is 6.26. The van der Waals surface area contributed by atoms with E-state index in [4.69, 9.17) is 4.74 Å². The molecule has 0 spiro atoms. The van der Waals surface area contributed by atoms with Gasteiger partial charge in [-0.2, -0.15) is 13.2 Å². The van der Waals surface area contributed by atoms with Gasteiger partial charge >= 0.3 is 6.18 Å². The van der Waals surface area contributed by atoms with E-state index in [1.54, 1.807) is 0 Å². The van der Waals surface area contributed by atoms with Crippen LogP contribution < -0.4 is 0 Å². The molecule has 0 fully saturated rings. The average Bonchev–Trinajstić information content (AvgIpc) is 2.37. The van der Waals surface area contributed by atoms with Crippen LogP contribution in [-0.4, -0.2) is 18.4 Å². The number of halogens is 3. The van der Waals surface area contributed by atoms with Crippen molar-refractivity contribution in [1.82, 2.24) is 0 Å². The van der Waals surface area contributed by atoms with Crippen LogP contribution in [0.15, 0.2) is 0 Å². The molecule has 0 saturated carbocycles. The summed E-state index contributed by atoms with van der Waals surface area (Å²) in [4.78, 5) is 0. The Morgan fingerprint density at radius 3 is 1.55 bits per heavy atom. The monoisotopic (exact) mass is 296 g/mol. The second kappa shape index (κ2) is 10.5. The van der Waals surface area contributed by atoms with Gasteiger partial charge in [-0.15, -0.1) is 0 Å². The SMILES string of the molecule is CCCCCCC(C)(CCCCCC)OCC(F)(F)F. The lowest BCUT2D eigenvalue weighted by Gasteiger charge is -2.31. The van der Waals surface area contributed by atoms with Crippen LogP contribution in [-0.2, 0) is 4.74 Å². The Balaban J connectivity index is 4.19. The van der Waals surface area contributed by atoms with E-state index >= 15 is 0 Å². The quantitative estimate of drug-likeness (QED) is 0.386. The van der Waals surface area contributed by atoms with Gasteiger partial charge in [-0.25, -0.2) is 0 Å². The van der Waals surface area contributed by atoms with Crippen molar-refractivity contribution in [2.75, 3.05) is 6.61 Å². The van der Waals surface area contributed by atoms with Crippen molar-refractivity contribution in [3.05, 3.63) is 0 Å². The maximum atomic E-state index is 12.3. The lowest BCUT2D eigenvalue weighted by Crippen LogP contribution is -2.33. The molecule has 0 radical (unpaired) electrons. The van der Waals surface area contributed by atoms with Crippen LogP contribution in [0.1, 0.15) is 85.0 Å². The summed E-state index contributed by atoms with van der Waals surface area (Å²) in [5.41, 5.74) is -0.614. The largest absolute Gasteiger partial charge is 0.411 e. The molecule has 0 aliphatic carbocycles. The third kappa shape index (κ3) is 11.6. The first-order valence-corrected chi connectivity index (χ1v) is 8.03. The van der Waals surface area contributed by atoms with Gasteiger partial charge in [0.05, 0.1) is 5.60 Å². The van der Waals surface area contributed by atoms with Gasteiger partial charge in [0, 0.05) is 0 Å². The maximum Gasteiger partial charge on any atom is 0.411 e. The highest BCUT2D eigenvalue weighted by molar-refractivity contribution is 4.76. The zero-order chi connectivity index (χ0) is 15.5. The summed E-state index contributed by atoms with van der Waals surface area (Å²) >= 11 is 0. The minimum absolute atomic E-state index is 0.614. The fourth-order valence-electron chi connectivity index (χ4n) is 2.38. The smallest absolute Gasteiger partial charge is 0.366 e. The Hall–Kier alpha value is -0.250. The van der Waals surface area contributed by atoms with Crippen molar-refractivity contribution in [3.63, 3.8) is 0 Å². The Bertz CT molecular complexity index is 214. The molecule has 0 amide bonds. The lowest BCUT2D eigenvalue weighted by atomic mass is 9.91. The Kier molecular flexibility index (Phi) is 10.3. The molecule has 1 nitrogen and oxygen atoms in total. The highest BCUT2D eigenvalue weighted by atomic mass is 19.4. The van der Waals surface area contributed by atoms with Gasteiger partial charge in [0.15, 0.2) is 0 Å². The summed E-state index contributed by atoms with van der Waals surface area (Å²) < 4.78 is 42.3. The fraction of sp³-hybridized carbons (Fsp3) is 1.00. The number of unbranched alkanes of at least 4 members (excludes halogenated alkanes) is 6. The van der Waals surface area contributed by atoms with Gasteiger partial charge in [-0.1, -0.05) is 65.2 Å². The molecule has 122 valence electrons. The fourth-order valence-corrected chi connectivity index (χ4v) is 2.38. The molecule has 4 heteroatoms. The molecule has 0 heterocycles. The minimum atomic E-state index is -4.23. The molecular formula is C16H31F3O.